The fourth-order valence-electron chi connectivity index (χ4n) is 1.61. The number of ether oxygens (including phenoxy) is 1. The minimum absolute atomic E-state index is 0.128. The molecule has 0 aromatic heterocycles. The van der Waals surface area contributed by atoms with E-state index >= 15 is 0 Å². The lowest BCUT2D eigenvalue weighted by molar-refractivity contribution is -0.122. The summed E-state index contributed by atoms with van der Waals surface area (Å²) >= 11 is 0. The van der Waals surface area contributed by atoms with Crippen LogP contribution in [0.5, 0.6) is 5.75 Å². The first-order valence-electron chi connectivity index (χ1n) is 6.04. The number of hydrogen-bond donors (Lipinski definition) is 2. The summed E-state index contributed by atoms with van der Waals surface area (Å²) in [6.07, 6.45) is 0. The van der Waals surface area contributed by atoms with E-state index in [2.05, 4.69) is 19.2 Å². The van der Waals surface area contributed by atoms with Gasteiger partial charge >= 0.3 is 0 Å². The summed E-state index contributed by atoms with van der Waals surface area (Å²) < 4.78 is 5.13. The highest BCUT2D eigenvalue weighted by atomic mass is 16.5. The van der Waals surface area contributed by atoms with E-state index in [4.69, 9.17) is 10.5 Å². The Balaban J connectivity index is 2.69. The molecule has 0 spiro atoms. The second-order valence-electron chi connectivity index (χ2n) is 5.12. The molecule has 3 N–H and O–H groups in total. The van der Waals surface area contributed by atoms with E-state index in [0.717, 1.165) is 11.3 Å². The van der Waals surface area contributed by atoms with E-state index in [-0.39, 0.29) is 11.3 Å². The van der Waals surface area contributed by atoms with Crippen LogP contribution < -0.4 is 15.8 Å². The van der Waals surface area contributed by atoms with Gasteiger partial charge in [-0.25, -0.2) is 0 Å². The van der Waals surface area contributed by atoms with Gasteiger partial charge in [0.2, 0.25) is 5.91 Å². The summed E-state index contributed by atoms with van der Waals surface area (Å²) in [6.45, 7) is 6.39. The van der Waals surface area contributed by atoms with Crippen LogP contribution in [0.4, 0.5) is 0 Å². The van der Waals surface area contributed by atoms with E-state index < -0.39 is 6.04 Å². The van der Waals surface area contributed by atoms with Gasteiger partial charge in [-0.05, 0) is 24.6 Å². The molecule has 0 aliphatic rings. The van der Waals surface area contributed by atoms with Crippen LogP contribution >= 0.6 is 0 Å². The summed E-state index contributed by atoms with van der Waals surface area (Å²) in [5.74, 6) is 0.700. The lowest BCUT2D eigenvalue weighted by Gasteiger charge is -2.26. The Hall–Kier alpha value is -1.55. The van der Waals surface area contributed by atoms with Crippen LogP contribution in [-0.2, 0) is 10.2 Å². The highest BCUT2D eigenvalue weighted by molar-refractivity contribution is 5.81. The molecule has 0 aliphatic heterocycles. The Morgan fingerprint density at radius 1 is 1.39 bits per heavy atom. The first-order chi connectivity index (χ1) is 8.36. The van der Waals surface area contributed by atoms with Crippen molar-refractivity contribution in [1.82, 2.24) is 5.32 Å². The van der Waals surface area contributed by atoms with Crippen LogP contribution in [0.25, 0.3) is 0 Å². The molecule has 1 rings (SSSR count). The highest BCUT2D eigenvalue weighted by Gasteiger charge is 2.22. The molecule has 0 bridgehead atoms. The highest BCUT2D eigenvalue weighted by Crippen LogP contribution is 2.24. The molecule has 0 saturated heterocycles. The molecule has 1 aromatic rings. The SMILES string of the molecule is COc1ccc(C(C)(C)CNC(=O)[C@@H](C)N)cc1. The van der Waals surface area contributed by atoms with Gasteiger partial charge in [0.05, 0.1) is 13.2 Å². The standard InChI is InChI=1S/C14H22N2O2/c1-10(15)13(17)16-9-14(2,3)11-5-7-12(18-4)8-6-11/h5-8,10H,9,15H2,1-4H3,(H,16,17)/t10-/m1/s1. The summed E-state index contributed by atoms with van der Waals surface area (Å²) in [4.78, 5) is 11.5. The van der Waals surface area contributed by atoms with Crippen LogP contribution in [0, 0.1) is 0 Å². The normalized spacial score (nSPS) is 12.9. The molecule has 0 fully saturated rings. The summed E-state index contributed by atoms with van der Waals surface area (Å²) in [6, 6.07) is 7.39. The zero-order valence-electron chi connectivity index (χ0n) is 11.5. The molecule has 0 heterocycles. The van der Waals surface area contributed by atoms with Crippen molar-refractivity contribution >= 4 is 5.91 Å². The lowest BCUT2D eigenvalue weighted by Crippen LogP contribution is -2.43. The molecule has 0 aliphatic carbocycles. The van der Waals surface area contributed by atoms with Crippen molar-refractivity contribution in [2.45, 2.75) is 32.2 Å². The third kappa shape index (κ3) is 3.74. The predicted molar refractivity (Wildman–Crippen MR) is 72.7 cm³/mol. The van der Waals surface area contributed by atoms with Gasteiger partial charge in [0.25, 0.3) is 0 Å². The molecule has 100 valence electrons. The summed E-state index contributed by atoms with van der Waals surface area (Å²) in [7, 11) is 1.64. The number of methoxy groups -OCH3 is 1. The van der Waals surface area contributed by atoms with Gasteiger partial charge in [0.15, 0.2) is 0 Å². The molecule has 0 radical (unpaired) electrons. The van der Waals surface area contributed by atoms with Gasteiger partial charge in [-0.1, -0.05) is 26.0 Å². The van der Waals surface area contributed by atoms with E-state index in [1.807, 2.05) is 24.3 Å². The molecule has 4 nitrogen and oxygen atoms in total. The third-order valence-electron chi connectivity index (χ3n) is 2.99. The Morgan fingerprint density at radius 3 is 2.39 bits per heavy atom. The van der Waals surface area contributed by atoms with Crippen LogP contribution in [0.1, 0.15) is 26.3 Å². The first-order valence-corrected chi connectivity index (χ1v) is 6.04. The van der Waals surface area contributed by atoms with Crippen LogP contribution in [0.3, 0.4) is 0 Å². The number of amides is 1. The largest absolute Gasteiger partial charge is 0.497 e. The zero-order chi connectivity index (χ0) is 13.8. The quantitative estimate of drug-likeness (QED) is 0.831. The first kappa shape index (κ1) is 14.5. The smallest absolute Gasteiger partial charge is 0.236 e. The van der Waals surface area contributed by atoms with E-state index in [9.17, 15) is 4.79 Å². The number of benzene rings is 1. The average Bonchev–Trinajstić information content (AvgIpc) is 2.36. The maximum Gasteiger partial charge on any atom is 0.236 e. The van der Waals surface area contributed by atoms with Crippen molar-refractivity contribution in [3.05, 3.63) is 29.8 Å². The Labute approximate surface area is 109 Å². The monoisotopic (exact) mass is 250 g/mol. The molecule has 18 heavy (non-hydrogen) atoms. The van der Waals surface area contributed by atoms with Gasteiger partial charge in [-0.3, -0.25) is 4.79 Å². The fourth-order valence-corrected chi connectivity index (χ4v) is 1.61. The van der Waals surface area contributed by atoms with E-state index in [1.165, 1.54) is 0 Å². The molecule has 1 amide bonds. The van der Waals surface area contributed by atoms with Gasteiger partial charge in [0.1, 0.15) is 5.75 Å². The Bertz CT molecular complexity index is 397. The molecule has 4 heteroatoms. The molecular formula is C14H22N2O2. The van der Waals surface area contributed by atoms with Crippen LogP contribution in [0.15, 0.2) is 24.3 Å². The molecule has 1 atom stereocenters. The number of carbonyl (C=O) groups excluding carboxylic acids is 1. The maximum atomic E-state index is 11.5. The second-order valence-corrected chi connectivity index (χ2v) is 5.12. The molecular weight excluding hydrogens is 228 g/mol. The number of hydrogen-bond acceptors (Lipinski definition) is 3. The van der Waals surface area contributed by atoms with Crippen molar-refractivity contribution in [3.63, 3.8) is 0 Å². The second kappa shape index (κ2) is 5.87. The molecule has 1 aromatic carbocycles. The minimum Gasteiger partial charge on any atom is -0.497 e. The van der Waals surface area contributed by atoms with Gasteiger partial charge in [0, 0.05) is 12.0 Å². The van der Waals surface area contributed by atoms with E-state index in [1.54, 1.807) is 14.0 Å². The molecule has 0 unspecified atom stereocenters. The van der Waals surface area contributed by atoms with E-state index in [0.29, 0.717) is 6.54 Å². The van der Waals surface area contributed by atoms with Gasteiger partial charge in [-0.2, -0.15) is 0 Å². The van der Waals surface area contributed by atoms with Gasteiger partial charge in [-0.15, -0.1) is 0 Å². The summed E-state index contributed by atoms with van der Waals surface area (Å²) in [5, 5.41) is 2.85. The lowest BCUT2D eigenvalue weighted by atomic mass is 9.84. The number of rotatable bonds is 5. The molecule has 0 saturated carbocycles. The summed E-state index contributed by atoms with van der Waals surface area (Å²) in [5.41, 5.74) is 6.52. The zero-order valence-corrected chi connectivity index (χ0v) is 11.5. The maximum absolute atomic E-state index is 11.5. The number of nitrogens with one attached hydrogen (secondary N) is 1. The van der Waals surface area contributed by atoms with Crippen LogP contribution in [-0.4, -0.2) is 25.6 Å². The Morgan fingerprint density at radius 2 is 1.94 bits per heavy atom. The topological polar surface area (TPSA) is 64.3 Å². The Kier molecular flexibility index (Phi) is 4.73. The fraction of sp³-hybridized carbons (Fsp3) is 0.500. The minimum atomic E-state index is -0.475. The average molecular weight is 250 g/mol. The van der Waals surface area contributed by atoms with Crippen molar-refractivity contribution in [2.75, 3.05) is 13.7 Å². The van der Waals surface area contributed by atoms with Crippen LogP contribution in [0.2, 0.25) is 0 Å². The number of nitrogens with two attached hydrogens (primary N) is 1. The van der Waals surface area contributed by atoms with Crippen molar-refractivity contribution in [2.24, 2.45) is 5.73 Å². The van der Waals surface area contributed by atoms with Crippen molar-refractivity contribution < 1.29 is 9.53 Å². The number of carbonyl (C=O) groups is 1. The van der Waals surface area contributed by atoms with Crippen molar-refractivity contribution in [1.29, 1.82) is 0 Å². The predicted octanol–water partition coefficient (Wildman–Crippen LogP) is 1.44. The van der Waals surface area contributed by atoms with Gasteiger partial charge < -0.3 is 15.8 Å². The third-order valence-corrected chi connectivity index (χ3v) is 2.99. The van der Waals surface area contributed by atoms with Crippen molar-refractivity contribution in [3.8, 4) is 5.75 Å².